The molecule has 202 valence electrons. The number of nitrogens with zero attached hydrogens (tertiary/aromatic N) is 3. The summed E-state index contributed by atoms with van der Waals surface area (Å²) in [5, 5.41) is 15.0. The molecule has 1 aliphatic rings. The zero-order chi connectivity index (χ0) is 27.4. The molecular weight excluding hydrogens is 536 g/mol. The molecule has 2 heterocycles. The number of aromatic hydroxyl groups is 1. The van der Waals surface area contributed by atoms with E-state index in [0.29, 0.717) is 39.9 Å². The first-order valence-electron chi connectivity index (χ1n) is 12.6. The zero-order valence-electron chi connectivity index (χ0n) is 21.6. The Hall–Kier alpha value is -3.83. The maximum Gasteiger partial charge on any atom is 0.267 e. The summed E-state index contributed by atoms with van der Waals surface area (Å²) in [6.45, 7) is 2.24. The van der Waals surface area contributed by atoms with Crippen LogP contribution < -0.4 is 20.5 Å². The third kappa shape index (κ3) is 5.79. The minimum atomic E-state index is -0.346. The first-order valence-corrected chi connectivity index (χ1v) is 14.4. The number of hydrogen-bond donors (Lipinski definition) is 2. The molecule has 2 N–H and O–H groups in total. The molecule has 0 saturated heterocycles. The maximum absolute atomic E-state index is 13.8. The number of rotatable bonds is 9. The van der Waals surface area contributed by atoms with E-state index in [1.807, 2.05) is 19.1 Å². The molecule has 0 atom stereocenters. The Labute approximate surface area is 233 Å². The Morgan fingerprint density at radius 3 is 2.79 bits per heavy atom. The van der Waals surface area contributed by atoms with E-state index in [0.717, 1.165) is 36.1 Å². The molecule has 5 rings (SSSR count). The minimum Gasteiger partial charge on any atom is -0.504 e. The highest BCUT2D eigenvalue weighted by molar-refractivity contribution is 7.99. The molecule has 9 nitrogen and oxygen atoms in total. The summed E-state index contributed by atoms with van der Waals surface area (Å²) in [5.41, 5.74) is 4.82. The third-order valence-corrected chi connectivity index (χ3v) is 8.43. The number of hydrogen-bond acceptors (Lipinski definition) is 9. The molecule has 4 aromatic rings. The van der Waals surface area contributed by atoms with Crippen LogP contribution in [0.5, 0.6) is 17.2 Å². The normalized spacial score (nSPS) is 13.0. The summed E-state index contributed by atoms with van der Waals surface area (Å²) in [5.74, 6) is 0.726. The van der Waals surface area contributed by atoms with Crippen molar-refractivity contribution in [2.75, 3.05) is 19.5 Å². The van der Waals surface area contributed by atoms with Gasteiger partial charge in [0, 0.05) is 4.88 Å². The van der Waals surface area contributed by atoms with E-state index in [1.54, 1.807) is 47.3 Å². The molecule has 1 amide bonds. The summed E-state index contributed by atoms with van der Waals surface area (Å²) in [4.78, 5) is 33.3. The largest absolute Gasteiger partial charge is 0.504 e. The number of methoxy groups -OCH3 is 1. The van der Waals surface area contributed by atoms with Gasteiger partial charge in [0.05, 0.1) is 36.8 Å². The van der Waals surface area contributed by atoms with Crippen molar-refractivity contribution in [3.05, 3.63) is 68.8 Å². The van der Waals surface area contributed by atoms with Crippen LogP contribution in [-0.4, -0.2) is 46.2 Å². The predicted octanol–water partition coefficient (Wildman–Crippen LogP) is 4.68. The summed E-state index contributed by atoms with van der Waals surface area (Å²) in [6, 6.07) is 12.0. The number of fused-ring (bicyclic) bond motifs is 3. The minimum absolute atomic E-state index is 0.0102. The van der Waals surface area contributed by atoms with E-state index < -0.39 is 0 Å². The average molecular weight is 565 g/mol. The fourth-order valence-electron chi connectivity index (χ4n) is 4.47. The number of thiophene rings is 1. The van der Waals surface area contributed by atoms with Crippen LogP contribution in [0, 0.1) is 0 Å². The Morgan fingerprint density at radius 1 is 1.23 bits per heavy atom. The molecule has 0 bridgehead atoms. The van der Waals surface area contributed by atoms with Crippen molar-refractivity contribution in [1.82, 2.24) is 15.0 Å². The molecule has 0 spiro atoms. The number of aromatic nitrogens is 2. The summed E-state index contributed by atoms with van der Waals surface area (Å²) in [7, 11) is 1.59. The van der Waals surface area contributed by atoms with Crippen LogP contribution in [0.25, 0.3) is 15.9 Å². The molecule has 2 aromatic carbocycles. The molecule has 0 saturated carbocycles. The highest BCUT2D eigenvalue weighted by Crippen LogP contribution is 2.35. The molecule has 0 unspecified atom stereocenters. The lowest BCUT2D eigenvalue weighted by atomic mass is 9.97. The standard InChI is InChI=1S/C28H28N4O5S2/c1-3-37-22-14-17(8-13-21(22)33)15-29-31-24(34)16-38-28-30-26-25(20-6-4-5-7-23(20)39-26)27(35)32(28)18-9-11-19(36-2)12-10-18/h8-15,33H,3-7,16H2,1-2H3,(H,31,34)/b29-15+. The van der Waals surface area contributed by atoms with E-state index in [4.69, 9.17) is 14.5 Å². The van der Waals surface area contributed by atoms with Gasteiger partial charge in [-0.1, -0.05) is 11.8 Å². The van der Waals surface area contributed by atoms with Gasteiger partial charge in [0.15, 0.2) is 16.7 Å². The SMILES string of the molecule is CCOc1cc(/C=N/NC(=O)CSc2nc3sc4c(c3c(=O)n2-c2ccc(OC)cc2)CCCC4)ccc1O. The van der Waals surface area contributed by atoms with Crippen molar-refractivity contribution in [2.45, 2.75) is 37.8 Å². The average Bonchev–Trinajstić information content (AvgIpc) is 3.32. The number of carbonyl (C=O) groups excluding carboxylic acids is 1. The fourth-order valence-corrected chi connectivity index (χ4v) is 6.57. The molecular formula is C28H28N4O5S2. The molecule has 0 fully saturated rings. The molecule has 1 aliphatic carbocycles. The number of phenolic OH excluding ortho intramolecular Hbond substituents is 1. The van der Waals surface area contributed by atoms with Crippen molar-refractivity contribution in [1.29, 1.82) is 0 Å². The van der Waals surface area contributed by atoms with Crippen molar-refractivity contribution >= 4 is 45.4 Å². The third-order valence-electron chi connectivity index (χ3n) is 6.31. The van der Waals surface area contributed by atoms with Crippen LogP contribution in [0.4, 0.5) is 0 Å². The lowest BCUT2D eigenvalue weighted by molar-refractivity contribution is -0.118. The van der Waals surface area contributed by atoms with Gasteiger partial charge in [-0.05, 0) is 86.2 Å². The van der Waals surface area contributed by atoms with Gasteiger partial charge in [-0.3, -0.25) is 14.2 Å². The second-order valence-corrected chi connectivity index (χ2v) is 10.9. The Morgan fingerprint density at radius 2 is 2.03 bits per heavy atom. The quantitative estimate of drug-likeness (QED) is 0.131. The van der Waals surface area contributed by atoms with Gasteiger partial charge in [-0.2, -0.15) is 5.10 Å². The van der Waals surface area contributed by atoms with Gasteiger partial charge in [-0.15, -0.1) is 11.3 Å². The number of aryl methyl sites for hydroxylation is 2. The van der Waals surface area contributed by atoms with Crippen molar-refractivity contribution in [3.8, 4) is 22.9 Å². The Kier molecular flexibility index (Phi) is 8.18. The smallest absolute Gasteiger partial charge is 0.267 e. The van der Waals surface area contributed by atoms with Crippen LogP contribution >= 0.6 is 23.1 Å². The number of nitrogens with one attached hydrogen (secondary N) is 1. The maximum atomic E-state index is 13.8. The molecule has 11 heteroatoms. The molecule has 0 radical (unpaired) electrons. The second kappa shape index (κ2) is 11.9. The van der Waals surface area contributed by atoms with Crippen LogP contribution in [0.15, 0.2) is 57.5 Å². The predicted molar refractivity (Wildman–Crippen MR) is 154 cm³/mol. The van der Waals surface area contributed by atoms with Crippen LogP contribution in [-0.2, 0) is 17.6 Å². The Bertz CT molecular complexity index is 1590. The van der Waals surface area contributed by atoms with Crippen LogP contribution in [0.1, 0.15) is 35.8 Å². The fraction of sp³-hybridized carbons (Fsp3) is 0.286. The van der Waals surface area contributed by atoms with Gasteiger partial charge >= 0.3 is 0 Å². The van der Waals surface area contributed by atoms with E-state index in [1.165, 1.54) is 28.9 Å². The Balaban J connectivity index is 1.38. The van der Waals surface area contributed by atoms with Gasteiger partial charge in [-0.25, -0.2) is 10.4 Å². The van der Waals surface area contributed by atoms with Crippen molar-refractivity contribution < 1.29 is 19.4 Å². The van der Waals surface area contributed by atoms with E-state index in [2.05, 4.69) is 10.5 Å². The number of benzene rings is 2. The number of hydrazone groups is 1. The van der Waals surface area contributed by atoms with E-state index in [9.17, 15) is 14.7 Å². The topological polar surface area (TPSA) is 115 Å². The van der Waals surface area contributed by atoms with E-state index >= 15 is 0 Å². The van der Waals surface area contributed by atoms with Crippen molar-refractivity contribution in [3.63, 3.8) is 0 Å². The van der Waals surface area contributed by atoms with Crippen molar-refractivity contribution in [2.24, 2.45) is 5.10 Å². The van der Waals surface area contributed by atoms with E-state index in [-0.39, 0.29) is 23.0 Å². The van der Waals surface area contributed by atoms with Crippen LogP contribution in [0.2, 0.25) is 0 Å². The first kappa shape index (κ1) is 26.8. The second-order valence-electron chi connectivity index (χ2n) is 8.87. The van der Waals surface area contributed by atoms with Gasteiger partial charge in [0.1, 0.15) is 10.6 Å². The molecule has 2 aromatic heterocycles. The zero-order valence-corrected chi connectivity index (χ0v) is 23.2. The number of amides is 1. The monoisotopic (exact) mass is 564 g/mol. The lowest BCUT2D eigenvalue weighted by Gasteiger charge is -2.14. The summed E-state index contributed by atoms with van der Waals surface area (Å²) < 4.78 is 12.2. The highest BCUT2D eigenvalue weighted by atomic mass is 32.2. The molecule has 39 heavy (non-hydrogen) atoms. The first-order chi connectivity index (χ1) is 19.0. The summed E-state index contributed by atoms with van der Waals surface area (Å²) in [6.07, 6.45) is 5.50. The van der Waals surface area contributed by atoms with Gasteiger partial charge < -0.3 is 14.6 Å². The van der Waals surface area contributed by atoms with Crippen LogP contribution in [0.3, 0.4) is 0 Å². The lowest BCUT2D eigenvalue weighted by Crippen LogP contribution is -2.24. The van der Waals surface area contributed by atoms with Gasteiger partial charge in [0.25, 0.3) is 11.5 Å². The number of carbonyl (C=O) groups is 1. The number of thioether (sulfide) groups is 1. The number of phenols is 1. The highest BCUT2D eigenvalue weighted by Gasteiger charge is 2.23. The number of ether oxygens (including phenoxy) is 2. The molecule has 0 aliphatic heterocycles. The van der Waals surface area contributed by atoms with Gasteiger partial charge in [0.2, 0.25) is 0 Å². The summed E-state index contributed by atoms with van der Waals surface area (Å²) >= 11 is 2.76.